The van der Waals surface area contributed by atoms with Gasteiger partial charge in [-0.1, -0.05) is 11.6 Å². The first kappa shape index (κ1) is 15.1. The average molecular weight is 328 g/mol. The fourth-order valence-corrected chi connectivity index (χ4v) is 3.82. The summed E-state index contributed by atoms with van der Waals surface area (Å²) in [4.78, 5) is 9.59. The van der Waals surface area contributed by atoms with Gasteiger partial charge in [-0.2, -0.15) is 4.31 Å². The maximum atomic E-state index is 13.6. The summed E-state index contributed by atoms with van der Waals surface area (Å²) in [5, 5.41) is 17.6. The van der Waals surface area contributed by atoms with Crippen LogP contribution in [0.1, 0.15) is 0 Å². The molecule has 2 N–H and O–H groups in total. The van der Waals surface area contributed by atoms with Gasteiger partial charge in [0.2, 0.25) is 10.0 Å². The maximum Gasteiger partial charge on any atom is 0.338 e. The molecule has 0 aromatic heterocycles. The van der Waals surface area contributed by atoms with Gasteiger partial charge >= 0.3 is 5.97 Å². The molecule has 1 heterocycles. The summed E-state index contributed by atoms with van der Waals surface area (Å²) in [6.07, 6.45) is 0. The van der Waals surface area contributed by atoms with Crippen molar-refractivity contribution in [3.63, 3.8) is 0 Å². The average Bonchev–Trinajstić information content (AvgIpc) is 2.29. The third-order valence-corrected chi connectivity index (χ3v) is 5.15. The fraction of sp³-hybridized carbons (Fsp3) is 0.300. The summed E-state index contributed by atoms with van der Waals surface area (Å²) in [7, 11) is -4.53. The van der Waals surface area contributed by atoms with Gasteiger partial charge in [-0.15, -0.1) is 0 Å². The first-order valence-electron chi connectivity index (χ1n) is 5.19. The summed E-state index contributed by atoms with van der Waals surface area (Å²) in [6.45, 7) is -1.53. The van der Waals surface area contributed by atoms with Crippen molar-refractivity contribution in [1.29, 1.82) is 0 Å². The summed E-state index contributed by atoms with van der Waals surface area (Å²) < 4.78 is 51.3. The minimum absolute atomic E-state index is 0.505. The van der Waals surface area contributed by atoms with Gasteiger partial charge < -0.3 is 10.2 Å². The van der Waals surface area contributed by atoms with E-state index in [0.717, 1.165) is 6.07 Å². The van der Waals surface area contributed by atoms with Crippen LogP contribution in [-0.4, -0.2) is 47.6 Å². The normalized spacial score (nSPS) is 18.6. The Hall–Kier alpha value is -1.29. The highest BCUT2D eigenvalue weighted by Gasteiger charge is 2.53. The number of halogens is 3. The number of hydrogen-bond acceptors (Lipinski definition) is 4. The second kappa shape index (κ2) is 4.62. The van der Waals surface area contributed by atoms with E-state index in [0.29, 0.717) is 10.4 Å². The Labute approximate surface area is 117 Å². The molecular formula is C10H8ClF2NO5S. The lowest BCUT2D eigenvalue weighted by atomic mass is 9.98. The molecule has 6 nitrogen and oxygen atoms in total. The molecule has 0 spiro atoms. The molecule has 1 aliphatic heterocycles. The van der Waals surface area contributed by atoms with E-state index in [1.807, 2.05) is 0 Å². The molecule has 1 fully saturated rings. The number of sulfonamides is 1. The number of rotatable bonds is 3. The fourth-order valence-electron chi connectivity index (χ4n) is 1.72. The number of benzene rings is 1. The highest BCUT2D eigenvalue weighted by molar-refractivity contribution is 7.89. The number of carbonyl (C=O) groups is 1. The Morgan fingerprint density at radius 3 is 2.40 bits per heavy atom. The van der Waals surface area contributed by atoms with Crippen LogP contribution in [0.4, 0.5) is 8.78 Å². The molecule has 110 valence electrons. The van der Waals surface area contributed by atoms with Crippen molar-refractivity contribution >= 4 is 27.6 Å². The van der Waals surface area contributed by atoms with Crippen molar-refractivity contribution in [2.45, 2.75) is 10.5 Å². The summed E-state index contributed by atoms with van der Waals surface area (Å²) >= 11 is 5.55. The Balaban J connectivity index is 2.40. The first-order chi connectivity index (χ1) is 9.09. The van der Waals surface area contributed by atoms with E-state index < -0.39 is 56.2 Å². The largest absolute Gasteiger partial charge is 0.479 e. The molecule has 1 aromatic carbocycles. The van der Waals surface area contributed by atoms with Crippen molar-refractivity contribution < 1.29 is 32.2 Å². The zero-order valence-corrected chi connectivity index (χ0v) is 11.2. The molecule has 0 atom stereocenters. The molecule has 0 radical (unpaired) electrons. The lowest BCUT2D eigenvalue weighted by molar-refractivity contribution is -0.170. The monoisotopic (exact) mass is 327 g/mol. The molecule has 2 rings (SSSR count). The predicted molar refractivity (Wildman–Crippen MR) is 62.7 cm³/mol. The molecule has 0 amide bonds. The van der Waals surface area contributed by atoms with Crippen LogP contribution in [0.15, 0.2) is 17.0 Å². The van der Waals surface area contributed by atoms with Crippen LogP contribution in [0.3, 0.4) is 0 Å². The zero-order chi connectivity index (χ0) is 15.3. The van der Waals surface area contributed by atoms with Crippen LogP contribution in [-0.2, 0) is 14.8 Å². The second-order valence-electron chi connectivity index (χ2n) is 4.28. The van der Waals surface area contributed by atoms with Gasteiger partial charge in [0.25, 0.3) is 0 Å². The van der Waals surface area contributed by atoms with Crippen molar-refractivity contribution in [1.82, 2.24) is 4.31 Å². The molecule has 1 aliphatic rings. The minimum Gasteiger partial charge on any atom is -0.479 e. The van der Waals surface area contributed by atoms with Gasteiger partial charge in [-0.25, -0.2) is 22.0 Å². The lowest BCUT2D eigenvalue weighted by Gasteiger charge is -2.42. The van der Waals surface area contributed by atoms with Gasteiger partial charge in [-0.3, -0.25) is 0 Å². The quantitative estimate of drug-likeness (QED) is 0.785. The molecule has 10 heteroatoms. The maximum absolute atomic E-state index is 13.6. The standard InChI is InChI=1S/C10H8ClF2NO5S/c11-5-1-2-6(12)7(13)8(5)20(18,19)14-3-10(17,4-14)9(15)16/h1-2,17H,3-4H2,(H,15,16). The Kier molecular flexibility index (Phi) is 3.49. The SMILES string of the molecule is O=C(O)C1(O)CN(S(=O)(=O)c2c(Cl)ccc(F)c2F)C1. The number of carboxylic acid groups (broad SMARTS) is 1. The Bertz CT molecular complexity index is 687. The molecule has 1 saturated heterocycles. The number of aliphatic carboxylic acids is 1. The topological polar surface area (TPSA) is 94.9 Å². The van der Waals surface area contributed by atoms with Crippen LogP contribution in [0.2, 0.25) is 5.02 Å². The van der Waals surface area contributed by atoms with E-state index in [1.165, 1.54) is 0 Å². The molecule has 0 saturated carbocycles. The predicted octanol–water partition coefficient (Wildman–Crippen LogP) is 0.438. The van der Waals surface area contributed by atoms with Crippen molar-refractivity contribution in [3.8, 4) is 0 Å². The van der Waals surface area contributed by atoms with Gasteiger partial charge in [0.15, 0.2) is 17.2 Å². The molecule has 0 unspecified atom stereocenters. The van der Waals surface area contributed by atoms with Crippen LogP contribution < -0.4 is 0 Å². The van der Waals surface area contributed by atoms with Crippen LogP contribution >= 0.6 is 11.6 Å². The molecule has 1 aromatic rings. The highest BCUT2D eigenvalue weighted by Crippen LogP contribution is 2.33. The van der Waals surface area contributed by atoms with Crippen molar-refractivity contribution in [3.05, 3.63) is 28.8 Å². The summed E-state index contributed by atoms with van der Waals surface area (Å²) in [5.74, 6) is -4.65. The number of nitrogens with zero attached hydrogens (tertiary/aromatic N) is 1. The van der Waals surface area contributed by atoms with Crippen LogP contribution in [0.5, 0.6) is 0 Å². The van der Waals surface area contributed by atoms with Crippen LogP contribution in [0, 0.1) is 11.6 Å². The van der Waals surface area contributed by atoms with Gasteiger partial charge in [0.05, 0.1) is 18.1 Å². The molecular weight excluding hydrogens is 320 g/mol. The van der Waals surface area contributed by atoms with Gasteiger partial charge in [0, 0.05) is 0 Å². The summed E-state index contributed by atoms with van der Waals surface area (Å²) in [5.41, 5.74) is -2.23. The van der Waals surface area contributed by atoms with Gasteiger partial charge in [-0.05, 0) is 12.1 Å². The molecule has 0 bridgehead atoms. The highest BCUT2D eigenvalue weighted by atomic mass is 35.5. The third kappa shape index (κ3) is 2.16. The van der Waals surface area contributed by atoms with Gasteiger partial charge in [0.1, 0.15) is 4.90 Å². The van der Waals surface area contributed by atoms with E-state index in [4.69, 9.17) is 16.7 Å². The number of carboxylic acids is 1. The first-order valence-corrected chi connectivity index (χ1v) is 7.01. The van der Waals surface area contributed by atoms with E-state index in [9.17, 15) is 27.1 Å². The number of β-amino-alcohol motifs (C(OH)–C–C–N with tert-alkyl or cyclic N) is 1. The minimum atomic E-state index is -4.53. The van der Waals surface area contributed by atoms with E-state index >= 15 is 0 Å². The third-order valence-electron chi connectivity index (χ3n) is 2.87. The Morgan fingerprint density at radius 1 is 1.35 bits per heavy atom. The van der Waals surface area contributed by atoms with E-state index in [1.54, 1.807) is 0 Å². The smallest absolute Gasteiger partial charge is 0.338 e. The summed E-state index contributed by atoms with van der Waals surface area (Å²) in [6, 6.07) is 1.54. The second-order valence-corrected chi connectivity index (χ2v) is 6.56. The number of hydrogen-bond donors (Lipinski definition) is 2. The molecule has 0 aliphatic carbocycles. The number of aliphatic hydroxyl groups is 1. The lowest BCUT2D eigenvalue weighted by Crippen LogP contribution is -2.67. The van der Waals surface area contributed by atoms with E-state index in [2.05, 4.69) is 0 Å². The molecule has 20 heavy (non-hydrogen) atoms. The van der Waals surface area contributed by atoms with Crippen molar-refractivity contribution in [2.75, 3.05) is 13.1 Å². The van der Waals surface area contributed by atoms with Crippen LogP contribution in [0.25, 0.3) is 0 Å². The zero-order valence-electron chi connectivity index (χ0n) is 9.68. The Morgan fingerprint density at radius 2 is 1.90 bits per heavy atom. The van der Waals surface area contributed by atoms with Crippen molar-refractivity contribution in [2.24, 2.45) is 0 Å². The van der Waals surface area contributed by atoms with E-state index in [-0.39, 0.29) is 0 Å².